The predicted octanol–water partition coefficient (Wildman–Crippen LogP) is 8.42. The Morgan fingerprint density at radius 3 is 2.79 bits per heavy atom. The molecule has 0 radical (unpaired) electrons. The first-order chi connectivity index (χ1) is 20.3. The van der Waals surface area contributed by atoms with E-state index in [1.807, 2.05) is 30.2 Å². The molecule has 6 rings (SSSR count). The number of nitrogens with zero attached hydrogens (tertiary/aromatic N) is 2. The monoisotopic (exact) mass is 647 g/mol. The molecule has 2 fully saturated rings. The number of piperidine rings is 1. The molecule has 1 aromatic heterocycles. The smallest absolute Gasteiger partial charge is 0.252 e. The lowest BCUT2D eigenvalue weighted by molar-refractivity contribution is -0.128. The van der Waals surface area contributed by atoms with Gasteiger partial charge in [-0.3, -0.25) is 4.79 Å². The van der Waals surface area contributed by atoms with Crippen LogP contribution in [-0.2, 0) is 17.8 Å². The number of thiazole rings is 1. The molecule has 3 heterocycles. The Morgan fingerprint density at radius 2 is 1.98 bits per heavy atom. The van der Waals surface area contributed by atoms with Gasteiger partial charge in [-0.05, 0) is 80.7 Å². The van der Waals surface area contributed by atoms with Crippen molar-refractivity contribution in [3.63, 3.8) is 0 Å². The minimum atomic E-state index is -0.458. The fourth-order valence-electron chi connectivity index (χ4n) is 5.97. The molecule has 5 nitrogen and oxygen atoms in total. The molecule has 1 aliphatic carbocycles. The first-order valence-electron chi connectivity index (χ1n) is 14.6. The van der Waals surface area contributed by atoms with E-state index in [4.69, 9.17) is 44.5 Å². The van der Waals surface area contributed by atoms with E-state index in [1.54, 1.807) is 23.5 Å². The van der Waals surface area contributed by atoms with Gasteiger partial charge in [0.25, 0.3) is 5.91 Å². The Balaban J connectivity index is 1.21. The van der Waals surface area contributed by atoms with E-state index >= 15 is 0 Å². The number of rotatable bonds is 10. The van der Waals surface area contributed by atoms with Crippen molar-refractivity contribution in [1.29, 1.82) is 0 Å². The molecule has 10 heteroatoms. The number of amides is 1. The van der Waals surface area contributed by atoms with Crippen LogP contribution in [0, 0.1) is 12.7 Å². The Bertz CT molecular complexity index is 1520. The zero-order chi connectivity index (χ0) is 29.4. The molecule has 0 unspecified atom stereocenters. The van der Waals surface area contributed by atoms with Crippen molar-refractivity contribution in [2.24, 2.45) is 0 Å². The molecule has 2 aromatic carbocycles. The summed E-state index contributed by atoms with van der Waals surface area (Å²) in [4.78, 5) is 22.1. The molecule has 1 amide bonds. The van der Waals surface area contributed by atoms with Crippen molar-refractivity contribution < 1.29 is 13.9 Å². The van der Waals surface area contributed by atoms with E-state index in [0.717, 1.165) is 70.7 Å². The molecule has 0 spiro atoms. The number of halogens is 4. The number of benzene rings is 2. The molecular formula is C32H33Cl3FN3O2S. The van der Waals surface area contributed by atoms with Gasteiger partial charge in [0.05, 0.1) is 31.6 Å². The van der Waals surface area contributed by atoms with Gasteiger partial charge in [-0.2, -0.15) is 0 Å². The lowest BCUT2D eigenvalue weighted by atomic mass is 9.81. The third-order valence-corrected chi connectivity index (χ3v) is 10.8. The van der Waals surface area contributed by atoms with Crippen molar-refractivity contribution in [1.82, 2.24) is 15.2 Å². The molecule has 1 saturated carbocycles. The number of fused-ring (bicyclic) bond motifs is 2. The van der Waals surface area contributed by atoms with E-state index in [2.05, 4.69) is 5.32 Å². The van der Waals surface area contributed by atoms with Gasteiger partial charge in [0.15, 0.2) is 11.6 Å². The van der Waals surface area contributed by atoms with Gasteiger partial charge in [0.1, 0.15) is 0 Å². The summed E-state index contributed by atoms with van der Waals surface area (Å²) in [5.41, 5.74) is 3.63. The van der Waals surface area contributed by atoms with Gasteiger partial charge in [-0.15, -0.1) is 11.3 Å². The molecule has 1 saturated heterocycles. The zero-order valence-electron chi connectivity index (χ0n) is 23.4. The molecule has 2 aliphatic heterocycles. The fourth-order valence-corrected chi connectivity index (χ4v) is 7.59. The average molecular weight is 649 g/mol. The first kappa shape index (κ1) is 29.9. The van der Waals surface area contributed by atoms with Crippen LogP contribution in [0.15, 0.2) is 42.1 Å². The summed E-state index contributed by atoms with van der Waals surface area (Å²) in [7, 11) is 0. The van der Waals surface area contributed by atoms with Gasteiger partial charge in [0.2, 0.25) is 0 Å². The Kier molecular flexibility index (Phi) is 9.13. The standard InChI is InChI=1S/C32H33Cl3FN3O2S/c1-18-10-13-24(36)31(29(18)34)41-14-4-9-27-37-16-26(42-27)22-15-20-6-3-8-25(38-20)28(22)32(40)39(21-11-12-21)17-19-5-2-7-23(33)30(19)35/h2,5,7,10,13,16,20-21,25,38H,3-4,6,8-9,11-12,14-15,17H2,1H3/t20-,25+/m0/s1. The van der Waals surface area contributed by atoms with Crippen molar-refractivity contribution in [2.75, 3.05) is 6.61 Å². The Labute approximate surface area is 265 Å². The molecule has 42 heavy (non-hydrogen) atoms. The van der Waals surface area contributed by atoms with E-state index < -0.39 is 5.82 Å². The highest BCUT2D eigenvalue weighted by Gasteiger charge is 2.41. The van der Waals surface area contributed by atoms with Crippen molar-refractivity contribution in [2.45, 2.75) is 83.0 Å². The number of carbonyl (C=O) groups is 1. The summed E-state index contributed by atoms with van der Waals surface area (Å²) in [6, 6.07) is 9.22. The topological polar surface area (TPSA) is 54.5 Å². The number of aromatic nitrogens is 1. The number of hydrogen-bond donors (Lipinski definition) is 1. The van der Waals surface area contributed by atoms with Gasteiger partial charge in [-0.25, -0.2) is 9.37 Å². The van der Waals surface area contributed by atoms with Crippen LogP contribution < -0.4 is 10.1 Å². The average Bonchev–Trinajstić information content (AvgIpc) is 3.71. The second-order valence-corrected chi connectivity index (χ2v) is 13.7. The normalized spacial score (nSPS) is 20.1. The van der Waals surface area contributed by atoms with Gasteiger partial charge in [0, 0.05) is 42.9 Å². The summed E-state index contributed by atoms with van der Waals surface area (Å²) >= 11 is 20.7. The number of aryl methyl sites for hydroxylation is 2. The number of nitrogens with one attached hydrogen (secondary N) is 1. The number of hydrogen-bond acceptors (Lipinski definition) is 5. The van der Waals surface area contributed by atoms with Crippen molar-refractivity contribution >= 4 is 57.6 Å². The van der Waals surface area contributed by atoms with Crippen LogP contribution >= 0.6 is 46.1 Å². The van der Waals surface area contributed by atoms with Gasteiger partial charge < -0.3 is 15.0 Å². The van der Waals surface area contributed by atoms with Crippen LogP contribution in [0.4, 0.5) is 4.39 Å². The highest BCUT2D eigenvalue weighted by Crippen LogP contribution is 2.41. The molecule has 1 N–H and O–H groups in total. The van der Waals surface area contributed by atoms with Gasteiger partial charge in [-0.1, -0.05) is 53.0 Å². The van der Waals surface area contributed by atoms with E-state index in [9.17, 15) is 9.18 Å². The lowest BCUT2D eigenvalue weighted by Crippen LogP contribution is -2.51. The third-order valence-electron chi connectivity index (χ3n) is 8.33. The minimum Gasteiger partial charge on any atom is -0.489 e. The maximum Gasteiger partial charge on any atom is 0.252 e. The number of carbonyl (C=O) groups excluding carboxylic acids is 1. The number of ether oxygens (including phenoxy) is 1. The maximum absolute atomic E-state index is 14.4. The Morgan fingerprint density at radius 1 is 1.14 bits per heavy atom. The quantitative estimate of drug-likeness (QED) is 0.224. The first-order valence-corrected chi connectivity index (χ1v) is 16.5. The van der Waals surface area contributed by atoms with Crippen LogP contribution in [0.1, 0.15) is 66.0 Å². The molecule has 2 bridgehead atoms. The summed E-state index contributed by atoms with van der Waals surface area (Å²) in [6.45, 7) is 2.60. The summed E-state index contributed by atoms with van der Waals surface area (Å²) in [6.07, 6.45) is 9.24. The maximum atomic E-state index is 14.4. The second-order valence-electron chi connectivity index (χ2n) is 11.4. The zero-order valence-corrected chi connectivity index (χ0v) is 26.5. The highest BCUT2D eigenvalue weighted by molar-refractivity contribution is 7.12. The van der Waals surface area contributed by atoms with E-state index in [0.29, 0.717) is 47.1 Å². The summed E-state index contributed by atoms with van der Waals surface area (Å²) in [5, 5.41) is 6.02. The second kappa shape index (κ2) is 12.8. The SMILES string of the molecule is Cc1ccc(F)c(OCCCc2ncc(C3=C(C(=O)N(Cc4cccc(Cl)c4Cl)C4CC4)[C@H]4CCC[C@@H](C3)N4)s2)c1Cl. The van der Waals surface area contributed by atoms with Crippen LogP contribution in [0.25, 0.3) is 5.57 Å². The Hall–Kier alpha value is -2.16. The largest absolute Gasteiger partial charge is 0.489 e. The van der Waals surface area contributed by atoms with Crippen molar-refractivity contribution in [3.8, 4) is 5.75 Å². The molecule has 3 aromatic rings. The fraction of sp³-hybridized carbons (Fsp3) is 0.438. The highest BCUT2D eigenvalue weighted by atomic mass is 35.5. The summed E-state index contributed by atoms with van der Waals surface area (Å²) in [5.74, 6) is -0.271. The molecular weight excluding hydrogens is 616 g/mol. The summed E-state index contributed by atoms with van der Waals surface area (Å²) < 4.78 is 19.9. The molecule has 222 valence electrons. The minimum absolute atomic E-state index is 0.0315. The van der Waals surface area contributed by atoms with Crippen LogP contribution in [0.2, 0.25) is 15.1 Å². The predicted molar refractivity (Wildman–Crippen MR) is 168 cm³/mol. The van der Waals surface area contributed by atoms with Crippen LogP contribution in [-0.4, -0.2) is 40.5 Å². The molecule has 2 atom stereocenters. The molecule has 3 aliphatic rings. The van der Waals surface area contributed by atoms with Gasteiger partial charge >= 0.3 is 0 Å². The van der Waals surface area contributed by atoms with Crippen LogP contribution in [0.3, 0.4) is 0 Å². The van der Waals surface area contributed by atoms with E-state index in [1.165, 1.54) is 6.07 Å². The van der Waals surface area contributed by atoms with Crippen LogP contribution in [0.5, 0.6) is 5.75 Å². The van der Waals surface area contributed by atoms with Crippen molar-refractivity contribution in [3.05, 3.63) is 84.0 Å². The van der Waals surface area contributed by atoms with E-state index in [-0.39, 0.29) is 23.7 Å². The lowest BCUT2D eigenvalue weighted by Gasteiger charge is -2.40. The third kappa shape index (κ3) is 6.36.